The Morgan fingerprint density at radius 3 is 2.60 bits per heavy atom. The first kappa shape index (κ1) is 15.5. The summed E-state index contributed by atoms with van der Waals surface area (Å²) >= 11 is 3.45. The maximum absolute atomic E-state index is 12.4. The summed E-state index contributed by atoms with van der Waals surface area (Å²) < 4.78 is 6.60. The Kier molecular flexibility index (Phi) is 4.86. The topological polar surface area (TPSA) is 42.9 Å². The number of nitrogens with two attached hydrogens (primary N) is 1. The van der Waals surface area contributed by atoms with Gasteiger partial charge < -0.3 is 10.1 Å². The molecule has 0 atom stereocenters. The van der Waals surface area contributed by atoms with Crippen molar-refractivity contribution in [3.8, 4) is 0 Å². The maximum atomic E-state index is 12.4. The number of ether oxygens (including phenoxy) is 1. The van der Waals surface area contributed by atoms with Gasteiger partial charge in [0, 0.05) is 23.2 Å². The van der Waals surface area contributed by atoms with Gasteiger partial charge in [0.1, 0.15) is 5.60 Å². The van der Waals surface area contributed by atoms with Gasteiger partial charge in [0.2, 0.25) is 0 Å². The highest BCUT2D eigenvalue weighted by Gasteiger charge is 2.35. The van der Waals surface area contributed by atoms with Crippen LogP contribution < -0.4 is 5.32 Å². The smallest absolute Gasteiger partial charge is 0.339 e. The molecule has 1 fully saturated rings. The Morgan fingerprint density at radius 1 is 1.35 bits per heavy atom. The third-order valence-electron chi connectivity index (χ3n) is 4.12. The van der Waals surface area contributed by atoms with E-state index in [-0.39, 0.29) is 5.97 Å². The number of quaternary nitrogens is 1. The van der Waals surface area contributed by atoms with Crippen molar-refractivity contribution < 1.29 is 14.8 Å². The molecule has 1 saturated heterocycles. The van der Waals surface area contributed by atoms with Gasteiger partial charge in [0.25, 0.3) is 0 Å². The van der Waals surface area contributed by atoms with E-state index in [0.29, 0.717) is 11.5 Å². The lowest BCUT2D eigenvalue weighted by atomic mass is 9.83. The first-order valence-electron chi connectivity index (χ1n) is 7.21. The number of esters is 1. The third kappa shape index (κ3) is 3.61. The summed E-state index contributed by atoms with van der Waals surface area (Å²) in [5.74, 6) is 0.206. The molecule has 0 aliphatic carbocycles. The predicted molar refractivity (Wildman–Crippen MR) is 82.8 cm³/mol. The third-order valence-corrected chi connectivity index (χ3v) is 4.78. The van der Waals surface area contributed by atoms with E-state index in [1.54, 1.807) is 0 Å². The number of rotatable bonds is 3. The molecule has 4 heteroatoms. The fourth-order valence-electron chi connectivity index (χ4n) is 2.78. The van der Waals surface area contributed by atoms with Crippen LogP contribution in [0.25, 0.3) is 0 Å². The zero-order valence-electron chi connectivity index (χ0n) is 12.4. The highest BCUT2D eigenvalue weighted by molar-refractivity contribution is 9.10. The van der Waals surface area contributed by atoms with E-state index in [2.05, 4.69) is 21.2 Å². The molecular weight excluding hydrogens is 318 g/mol. The number of aryl methyl sites for hydroxylation is 1. The lowest BCUT2D eigenvalue weighted by molar-refractivity contribution is -0.665. The average molecular weight is 341 g/mol. The van der Waals surface area contributed by atoms with Crippen LogP contribution in [0.2, 0.25) is 0 Å². The van der Waals surface area contributed by atoms with Crippen molar-refractivity contribution in [3.05, 3.63) is 33.8 Å². The highest BCUT2D eigenvalue weighted by Crippen LogP contribution is 2.30. The molecule has 0 amide bonds. The SMILES string of the molecule is Cc1ccc(C(=O)OC(C)(C)C2CC[NH2+]CC2)c(Br)c1. The summed E-state index contributed by atoms with van der Waals surface area (Å²) in [5, 5.41) is 2.32. The molecule has 1 aromatic rings. The van der Waals surface area contributed by atoms with Gasteiger partial charge in [-0.25, -0.2) is 4.79 Å². The lowest BCUT2D eigenvalue weighted by Gasteiger charge is -2.35. The number of halogens is 1. The summed E-state index contributed by atoms with van der Waals surface area (Å²) in [4.78, 5) is 12.4. The van der Waals surface area contributed by atoms with Crippen LogP contribution in [-0.2, 0) is 4.74 Å². The van der Waals surface area contributed by atoms with Crippen LogP contribution in [0, 0.1) is 12.8 Å². The minimum atomic E-state index is -0.407. The van der Waals surface area contributed by atoms with Gasteiger partial charge in [-0.2, -0.15) is 0 Å². The standard InChI is InChI=1S/C16H22BrNO2/c1-11-4-5-13(14(17)10-11)15(19)20-16(2,3)12-6-8-18-9-7-12/h4-5,10,12,18H,6-9H2,1-3H3/p+1. The van der Waals surface area contributed by atoms with Gasteiger partial charge in [0.15, 0.2) is 0 Å². The van der Waals surface area contributed by atoms with Gasteiger partial charge in [-0.05, 0) is 54.4 Å². The molecule has 1 aromatic carbocycles. The first-order chi connectivity index (χ1) is 9.40. The molecule has 0 unspecified atom stereocenters. The number of piperidine rings is 1. The van der Waals surface area contributed by atoms with Crippen molar-refractivity contribution >= 4 is 21.9 Å². The summed E-state index contributed by atoms with van der Waals surface area (Å²) in [6.45, 7) is 8.31. The molecule has 1 aliphatic rings. The van der Waals surface area contributed by atoms with E-state index in [9.17, 15) is 4.79 Å². The number of carbonyl (C=O) groups excluding carboxylic acids is 1. The average Bonchev–Trinajstić information content (AvgIpc) is 2.39. The van der Waals surface area contributed by atoms with E-state index in [4.69, 9.17) is 4.74 Å². The monoisotopic (exact) mass is 340 g/mol. The van der Waals surface area contributed by atoms with Gasteiger partial charge in [0.05, 0.1) is 18.7 Å². The van der Waals surface area contributed by atoms with Crippen molar-refractivity contribution in [2.45, 2.75) is 39.2 Å². The lowest BCUT2D eigenvalue weighted by Crippen LogP contribution is -2.86. The Balaban J connectivity index is 2.09. The van der Waals surface area contributed by atoms with E-state index in [1.165, 1.54) is 0 Å². The van der Waals surface area contributed by atoms with Gasteiger partial charge in [-0.3, -0.25) is 0 Å². The molecule has 1 aliphatic heterocycles. The van der Waals surface area contributed by atoms with Crippen LogP contribution in [0.3, 0.4) is 0 Å². The minimum Gasteiger partial charge on any atom is -0.456 e. The number of hydrogen-bond acceptors (Lipinski definition) is 2. The van der Waals surface area contributed by atoms with E-state index < -0.39 is 5.60 Å². The Hall–Kier alpha value is -0.870. The van der Waals surface area contributed by atoms with Crippen molar-refractivity contribution in [1.29, 1.82) is 0 Å². The summed E-state index contributed by atoms with van der Waals surface area (Å²) in [6, 6.07) is 5.70. The molecule has 20 heavy (non-hydrogen) atoms. The molecule has 2 rings (SSSR count). The maximum Gasteiger partial charge on any atom is 0.339 e. The zero-order valence-corrected chi connectivity index (χ0v) is 14.0. The van der Waals surface area contributed by atoms with Crippen molar-refractivity contribution in [3.63, 3.8) is 0 Å². The van der Waals surface area contributed by atoms with Gasteiger partial charge >= 0.3 is 5.97 Å². The zero-order chi connectivity index (χ0) is 14.8. The van der Waals surface area contributed by atoms with E-state index in [0.717, 1.165) is 36.0 Å². The summed E-state index contributed by atoms with van der Waals surface area (Å²) in [5.41, 5.74) is 1.32. The second-order valence-corrected chi connectivity index (χ2v) is 6.97. The van der Waals surface area contributed by atoms with Crippen LogP contribution in [-0.4, -0.2) is 24.7 Å². The molecule has 0 aromatic heterocycles. The van der Waals surface area contributed by atoms with Crippen LogP contribution in [0.4, 0.5) is 0 Å². The normalized spacial score (nSPS) is 17.0. The summed E-state index contributed by atoms with van der Waals surface area (Å²) in [7, 11) is 0. The van der Waals surface area contributed by atoms with Gasteiger partial charge in [-0.15, -0.1) is 0 Å². The number of benzene rings is 1. The minimum absolute atomic E-state index is 0.239. The van der Waals surface area contributed by atoms with Crippen LogP contribution >= 0.6 is 15.9 Å². The van der Waals surface area contributed by atoms with Crippen molar-refractivity contribution in [1.82, 2.24) is 0 Å². The number of carbonyl (C=O) groups is 1. The molecule has 0 bridgehead atoms. The second-order valence-electron chi connectivity index (χ2n) is 6.12. The molecule has 110 valence electrons. The Labute approximate surface area is 129 Å². The van der Waals surface area contributed by atoms with Gasteiger partial charge in [-0.1, -0.05) is 6.07 Å². The van der Waals surface area contributed by atoms with E-state index in [1.807, 2.05) is 39.0 Å². The Morgan fingerprint density at radius 2 is 2.00 bits per heavy atom. The van der Waals surface area contributed by atoms with Crippen LogP contribution in [0.1, 0.15) is 42.6 Å². The van der Waals surface area contributed by atoms with Crippen LogP contribution in [0.15, 0.2) is 22.7 Å². The second kappa shape index (κ2) is 6.27. The fraction of sp³-hybridized carbons (Fsp3) is 0.562. The summed E-state index contributed by atoms with van der Waals surface area (Å²) in [6.07, 6.45) is 2.21. The molecule has 3 nitrogen and oxygen atoms in total. The predicted octanol–water partition coefficient (Wildman–Crippen LogP) is 2.67. The first-order valence-corrected chi connectivity index (χ1v) is 8.00. The molecule has 1 heterocycles. The van der Waals surface area contributed by atoms with Crippen molar-refractivity contribution in [2.24, 2.45) is 5.92 Å². The van der Waals surface area contributed by atoms with E-state index >= 15 is 0 Å². The Bertz CT molecular complexity index is 493. The molecule has 0 spiro atoms. The van der Waals surface area contributed by atoms with Crippen molar-refractivity contribution in [2.75, 3.05) is 13.1 Å². The number of hydrogen-bond donors (Lipinski definition) is 1. The quantitative estimate of drug-likeness (QED) is 0.859. The highest BCUT2D eigenvalue weighted by atomic mass is 79.9. The largest absolute Gasteiger partial charge is 0.456 e. The molecule has 2 N–H and O–H groups in total. The fourth-order valence-corrected chi connectivity index (χ4v) is 3.44. The molecular formula is C16H23BrNO2+. The van der Waals surface area contributed by atoms with Crippen LogP contribution in [0.5, 0.6) is 0 Å². The molecule has 0 saturated carbocycles. The molecule has 0 radical (unpaired) electrons.